The summed E-state index contributed by atoms with van der Waals surface area (Å²) < 4.78 is 27.8. The largest absolute Gasteiger partial charge is 0.355 e. The Kier molecular flexibility index (Phi) is 7.71. The molecule has 0 atom stereocenters. The summed E-state index contributed by atoms with van der Waals surface area (Å²) in [6.07, 6.45) is 1.43. The molecule has 3 aromatic rings. The van der Waals surface area contributed by atoms with Crippen molar-refractivity contribution in [1.82, 2.24) is 5.32 Å². The Morgan fingerprint density at radius 2 is 1.58 bits per heavy atom. The lowest BCUT2D eigenvalue weighted by Gasteiger charge is -2.25. The molecule has 0 aliphatic rings. The topological polar surface area (TPSA) is 66.5 Å². The van der Waals surface area contributed by atoms with E-state index in [-0.39, 0.29) is 17.3 Å². The SMILES string of the molecule is Cc1ccccc1N(CC(=O)NCCCc1ccccc1Cl)S(=O)(=O)c1ccccc1. The number of hydrogen-bond acceptors (Lipinski definition) is 3. The maximum Gasteiger partial charge on any atom is 0.264 e. The van der Waals surface area contributed by atoms with Gasteiger partial charge in [-0.3, -0.25) is 9.10 Å². The Labute approximate surface area is 188 Å². The predicted octanol–water partition coefficient (Wildman–Crippen LogP) is 4.59. The number of sulfonamides is 1. The van der Waals surface area contributed by atoms with Crippen LogP contribution in [0.4, 0.5) is 5.69 Å². The van der Waals surface area contributed by atoms with Crippen LogP contribution in [0.25, 0.3) is 0 Å². The van der Waals surface area contributed by atoms with E-state index in [1.54, 1.807) is 30.3 Å². The molecule has 31 heavy (non-hydrogen) atoms. The van der Waals surface area contributed by atoms with Gasteiger partial charge in [0.25, 0.3) is 10.0 Å². The number of anilines is 1. The summed E-state index contributed by atoms with van der Waals surface area (Å²) >= 11 is 6.16. The fourth-order valence-electron chi connectivity index (χ4n) is 3.26. The molecule has 0 aliphatic carbocycles. The summed E-state index contributed by atoms with van der Waals surface area (Å²) in [5, 5.41) is 3.53. The normalized spacial score (nSPS) is 11.2. The summed E-state index contributed by atoms with van der Waals surface area (Å²) in [6, 6.07) is 22.9. The molecule has 0 spiro atoms. The fraction of sp³-hybridized carbons (Fsp3) is 0.208. The van der Waals surface area contributed by atoms with Gasteiger partial charge in [-0.25, -0.2) is 8.42 Å². The number of benzene rings is 3. The van der Waals surface area contributed by atoms with Crippen molar-refractivity contribution in [3.63, 3.8) is 0 Å². The molecular formula is C24H25ClN2O3S. The van der Waals surface area contributed by atoms with E-state index in [1.165, 1.54) is 16.4 Å². The molecule has 1 N–H and O–H groups in total. The number of halogens is 1. The van der Waals surface area contributed by atoms with Crippen LogP contribution in [0.15, 0.2) is 83.8 Å². The lowest BCUT2D eigenvalue weighted by Crippen LogP contribution is -2.41. The second kappa shape index (κ2) is 10.5. The maximum absolute atomic E-state index is 13.3. The van der Waals surface area contributed by atoms with Crippen LogP contribution >= 0.6 is 11.6 Å². The predicted molar refractivity (Wildman–Crippen MR) is 125 cm³/mol. The Morgan fingerprint density at radius 3 is 2.29 bits per heavy atom. The number of rotatable bonds is 9. The number of amides is 1. The van der Waals surface area contributed by atoms with Crippen molar-refractivity contribution in [2.24, 2.45) is 0 Å². The van der Waals surface area contributed by atoms with Crippen LogP contribution in [0.1, 0.15) is 17.5 Å². The quantitative estimate of drug-likeness (QED) is 0.479. The summed E-state index contributed by atoms with van der Waals surface area (Å²) in [4.78, 5) is 12.8. The van der Waals surface area contributed by atoms with Crippen LogP contribution in [-0.2, 0) is 21.2 Å². The molecule has 0 radical (unpaired) electrons. The highest BCUT2D eigenvalue weighted by Gasteiger charge is 2.27. The minimum atomic E-state index is -3.90. The van der Waals surface area contributed by atoms with E-state index < -0.39 is 10.0 Å². The molecule has 7 heteroatoms. The monoisotopic (exact) mass is 456 g/mol. The number of nitrogens with one attached hydrogen (secondary N) is 1. The van der Waals surface area contributed by atoms with Gasteiger partial charge in [-0.05, 0) is 55.2 Å². The van der Waals surface area contributed by atoms with Crippen molar-refractivity contribution in [3.05, 3.63) is 95.0 Å². The van der Waals surface area contributed by atoms with Gasteiger partial charge >= 0.3 is 0 Å². The third-order valence-electron chi connectivity index (χ3n) is 4.91. The number of aryl methyl sites for hydroxylation is 2. The molecule has 0 unspecified atom stereocenters. The summed E-state index contributed by atoms with van der Waals surface area (Å²) in [7, 11) is -3.90. The number of para-hydroxylation sites is 1. The maximum atomic E-state index is 13.3. The first-order chi connectivity index (χ1) is 14.9. The standard InChI is InChI=1S/C24H25ClN2O3S/c1-19-10-5-8-16-23(19)27(31(29,30)21-13-3-2-4-14-21)18-24(28)26-17-9-12-20-11-6-7-15-22(20)25/h2-8,10-11,13-16H,9,12,17-18H2,1H3,(H,26,28). The first-order valence-electron chi connectivity index (χ1n) is 10.0. The van der Waals surface area contributed by atoms with Gasteiger partial charge < -0.3 is 5.32 Å². The van der Waals surface area contributed by atoms with Crippen LogP contribution in [0, 0.1) is 6.92 Å². The molecule has 1 amide bonds. The van der Waals surface area contributed by atoms with Crippen molar-refractivity contribution in [3.8, 4) is 0 Å². The number of nitrogens with zero attached hydrogens (tertiary/aromatic N) is 1. The molecule has 0 aromatic heterocycles. The number of carbonyl (C=O) groups excluding carboxylic acids is 1. The highest BCUT2D eigenvalue weighted by atomic mass is 35.5. The van der Waals surface area contributed by atoms with E-state index in [4.69, 9.17) is 11.6 Å². The minimum absolute atomic E-state index is 0.143. The van der Waals surface area contributed by atoms with Crippen molar-refractivity contribution < 1.29 is 13.2 Å². The highest BCUT2D eigenvalue weighted by molar-refractivity contribution is 7.92. The van der Waals surface area contributed by atoms with Gasteiger partial charge in [0.15, 0.2) is 0 Å². The summed E-state index contributed by atoms with van der Waals surface area (Å²) in [5.74, 6) is -0.359. The van der Waals surface area contributed by atoms with Gasteiger partial charge in [0.1, 0.15) is 6.54 Å². The summed E-state index contributed by atoms with van der Waals surface area (Å²) in [6.45, 7) is 1.95. The molecule has 0 fully saturated rings. The smallest absolute Gasteiger partial charge is 0.264 e. The molecule has 0 bridgehead atoms. The first-order valence-corrected chi connectivity index (χ1v) is 11.8. The average Bonchev–Trinajstić information content (AvgIpc) is 2.77. The number of hydrogen-bond donors (Lipinski definition) is 1. The zero-order valence-electron chi connectivity index (χ0n) is 17.3. The molecule has 162 valence electrons. The van der Waals surface area contributed by atoms with Crippen LogP contribution in [-0.4, -0.2) is 27.4 Å². The highest BCUT2D eigenvalue weighted by Crippen LogP contribution is 2.26. The van der Waals surface area contributed by atoms with E-state index >= 15 is 0 Å². The van der Waals surface area contributed by atoms with Crippen LogP contribution in [0.2, 0.25) is 5.02 Å². The zero-order chi connectivity index (χ0) is 22.3. The van der Waals surface area contributed by atoms with Gasteiger partial charge in [0.2, 0.25) is 5.91 Å². The Bertz CT molecular complexity index is 1130. The van der Waals surface area contributed by atoms with Crippen LogP contribution in [0.5, 0.6) is 0 Å². The lowest BCUT2D eigenvalue weighted by molar-refractivity contribution is -0.119. The van der Waals surface area contributed by atoms with E-state index in [2.05, 4.69) is 5.32 Å². The molecule has 5 nitrogen and oxygen atoms in total. The average molecular weight is 457 g/mol. The molecule has 3 rings (SSSR count). The van der Waals surface area contributed by atoms with Gasteiger partial charge in [-0.1, -0.05) is 66.2 Å². The first kappa shape index (κ1) is 22.8. The van der Waals surface area contributed by atoms with Gasteiger partial charge in [0.05, 0.1) is 10.6 Å². The van der Waals surface area contributed by atoms with Gasteiger partial charge in [-0.2, -0.15) is 0 Å². The van der Waals surface area contributed by atoms with Crippen molar-refractivity contribution in [2.75, 3.05) is 17.4 Å². The lowest BCUT2D eigenvalue weighted by atomic mass is 10.1. The van der Waals surface area contributed by atoms with Crippen LogP contribution < -0.4 is 9.62 Å². The van der Waals surface area contributed by atoms with E-state index in [1.807, 2.05) is 43.3 Å². The fourth-order valence-corrected chi connectivity index (χ4v) is 4.99. The summed E-state index contributed by atoms with van der Waals surface area (Å²) in [5.41, 5.74) is 2.28. The molecule has 0 saturated carbocycles. The van der Waals surface area contributed by atoms with E-state index in [9.17, 15) is 13.2 Å². The molecular weight excluding hydrogens is 432 g/mol. The second-order valence-electron chi connectivity index (χ2n) is 7.16. The Hall–Kier alpha value is -2.83. The number of carbonyl (C=O) groups is 1. The van der Waals surface area contributed by atoms with Crippen molar-refractivity contribution in [1.29, 1.82) is 0 Å². The molecule has 0 aliphatic heterocycles. The zero-order valence-corrected chi connectivity index (χ0v) is 18.9. The second-order valence-corrected chi connectivity index (χ2v) is 9.43. The van der Waals surface area contributed by atoms with Crippen LogP contribution in [0.3, 0.4) is 0 Å². The van der Waals surface area contributed by atoms with Gasteiger partial charge in [0, 0.05) is 11.6 Å². The van der Waals surface area contributed by atoms with Gasteiger partial charge in [-0.15, -0.1) is 0 Å². The van der Waals surface area contributed by atoms with E-state index in [0.29, 0.717) is 23.7 Å². The molecule has 3 aromatic carbocycles. The molecule has 0 heterocycles. The Balaban J connectivity index is 1.71. The Morgan fingerprint density at radius 1 is 0.935 bits per heavy atom. The molecule has 0 saturated heterocycles. The third-order valence-corrected chi connectivity index (χ3v) is 7.05. The van der Waals surface area contributed by atoms with E-state index in [0.717, 1.165) is 17.5 Å². The van der Waals surface area contributed by atoms with Crippen molar-refractivity contribution >= 4 is 33.2 Å². The van der Waals surface area contributed by atoms with Crippen molar-refractivity contribution in [2.45, 2.75) is 24.7 Å². The third kappa shape index (κ3) is 5.87. The minimum Gasteiger partial charge on any atom is -0.355 e.